The van der Waals surface area contributed by atoms with E-state index in [1.807, 2.05) is 49.4 Å². The summed E-state index contributed by atoms with van der Waals surface area (Å²) in [7, 11) is -3.81. The maximum Gasteiger partial charge on any atom is 0.264 e. The molecule has 0 spiro atoms. The Balaban J connectivity index is 1.74. The summed E-state index contributed by atoms with van der Waals surface area (Å²) in [6.07, 6.45) is 0.542. The number of carbonyl (C=O) groups excluding carboxylic acids is 1. The van der Waals surface area contributed by atoms with Gasteiger partial charge in [0.25, 0.3) is 5.91 Å². The molecule has 31 heavy (non-hydrogen) atoms. The lowest BCUT2D eigenvalue weighted by atomic mass is 9.94. The lowest BCUT2D eigenvalue weighted by Crippen LogP contribution is -2.51. The number of carbonyl (C=O) groups is 1. The van der Waals surface area contributed by atoms with Gasteiger partial charge in [-0.25, -0.2) is 13.9 Å². The van der Waals surface area contributed by atoms with Gasteiger partial charge < -0.3 is 9.94 Å². The van der Waals surface area contributed by atoms with Crippen molar-refractivity contribution in [2.45, 2.75) is 44.1 Å². The molecular formula is C22H26N2O6S. The van der Waals surface area contributed by atoms with Crippen molar-refractivity contribution in [2.75, 3.05) is 6.26 Å². The van der Waals surface area contributed by atoms with Gasteiger partial charge in [0.1, 0.15) is 6.10 Å². The SMILES string of the molecule is Cc1cc(CO)ccc1-c1ccc(C2=NO[C@@H](C[C@](C)(C(=O)NO)S(C)(=O)=O)C2)cc1. The second-order valence-electron chi connectivity index (χ2n) is 8.00. The molecule has 166 valence electrons. The van der Waals surface area contributed by atoms with Crippen LogP contribution in [0, 0.1) is 6.92 Å². The molecule has 2 aromatic rings. The fraction of sp³-hybridized carbons (Fsp3) is 0.364. The molecule has 0 saturated heterocycles. The van der Waals surface area contributed by atoms with E-state index >= 15 is 0 Å². The van der Waals surface area contributed by atoms with E-state index in [4.69, 9.17) is 10.0 Å². The van der Waals surface area contributed by atoms with Crippen molar-refractivity contribution in [1.29, 1.82) is 0 Å². The summed E-state index contributed by atoms with van der Waals surface area (Å²) >= 11 is 0. The van der Waals surface area contributed by atoms with Crippen LogP contribution in [0.1, 0.15) is 36.5 Å². The van der Waals surface area contributed by atoms with Crippen molar-refractivity contribution < 1.29 is 28.4 Å². The average molecular weight is 447 g/mol. The fourth-order valence-corrected chi connectivity index (χ4v) is 4.53. The molecule has 1 heterocycles. The zero-order chi connectivity index (χ0) is 22.8. The van der Waals surface area contributed by atoms with Crippen molar-refractivity contribution in [1.82, 2.24) is 5.48 Å². The normalized spacial score (nSPS) is 18.1. The molecule has 0 radical (unpaired) electrons. The summed E-state index contributed by atoms with van der Waals surface area (Å²) in [5.74, 6) is -1.00. The first-order valence-corrected chi connectivity index (χ1v) is 11.7. The number of rotatable bonds is 7. The van der Waals surface area contributed by atoms with Crippen molar-refractivity contribution in [3.8, 4) is 11.1 Å². The third kappa shape index (κ3) is 4.63. The third-order valence-corrected chi connectivity index (χ3v) is 7.74. The second-order valence-corrected chi connectivity index (χ2v) is 10.4. The molecule has 8 nitrogen and oxygen atoms in total. The van der Waals surface area contributed by atoms with Crippen LogP contribution >= 0.6 is 0 Å². The van der Waals surface area contributed by atoms with Crippen molar-refractivity contribution in [3.05, 3.63) is 59.2 Å². The molecule has 3 N–H and O–H groups in total. The predicted molar refractivity (Wildman–Crippen MR) is 116 cm³/mol. The molecule has 3 rings (SSSR count). The highest BCUT2D eigenvalue weighted by Gasteiger charge is 2.47. The highest BCUT2D eigenvalue weighted by Crippen LogP contribution is 2.30. The number of nitrogens with zero attached hydrogens (tertiary/aromatic N) is 1. The highest BCUT2D eigenvalue weighted by molar-refractivity contribution is 7.92. The zero-order valence-corrected chi connectivity index (χ0v) is 18.4. The Kier molecular flexibility index (Phi) is 6.49. The maximum atomic E-state index is 12.2. The monoisotopic (exact) mass is 446 g/mol. The zero-order valence-electron chi connectivity index (χ0n) is 17.6. The molecule has 1 aliphatic heterocycles. The molecule has 0 aromatic heterocycles. The van der Waals surface area contributed by atoms with Crippen LogP contribution < -0.4 is 5.48 Å². The molecule has 2 aromatic carbocycles. The number of hydrogen-bond acceptors (Lipinski definition) is 7. The molecule has 1 amide bonds. The summed E-state index contributed by atoms with van der Waals surface area (Å²) in [4.78, 5) is 17.4. The molecule has 0 fully saturated rings. The minimum Gasteiger partial charge on any atom is -0.392 e. The first-order chi connectivity index (χ1) is 14.6. The Morgan fingerprint density at radius 2 is 1.87 bits per heavy atom. The number of oxime groups is 1. The summed E-state index contributed by atoms with van der Waals surface area (Å²) in [5, 5.41) is 22.3. The number of hydroxylamine groups is 1. The van der Waals surface area contributed by atoms with E-state index in [0.717, 1.165) is 34.1 Å². The largest absolute Gasteiger partial charge is 0.392 e. The number of hydrogen-bond donors (Lipinski definition) is 3. The topological polar surface area (TPSA) is 125 Å². The standard InChI is InChI=1S/C22H26N2O6S/c1-14-10-15(13-25)4-9-19(14)16-5-7-17(8-6-16)20-11-18(30-24-20)12-22(2,21(26)23-27)31(3,28)29/h4-10,18,25,27H,11-13H2,1-3H3,(H,23,26)/t18-,22-/m1/s1. The first kappa shape index (κ1) is 22.9. The minimum atomic E-state index is -3.81. The smallest absolute Gasteiger partial charge is 0.264 e. The van der Waals surface area contributed by atoms with E-state index in [2.05, 4.69) is 5.16 Å². The Morgan fingerprint density at radius 3 is 2.42 bits per heavy atom. The van der Waals surface area contributed by atoms with Crippen molar-refractivity contribution >= 4 is 21.5 Å². The highest BCUT2D eigenvalue weighted by atomic mass is 32.2. The van der Waals surface area contributed by atoms with Gasteiger partial charge in [-0.15, -0.1) is 0 Å². The molecule has 0 aliphatic carbocycles. The lowest BCUT2D eigenvalue weighted by Gasteiger charge is -2.26. The molecular weight excluding hydrogens is 420 g/mol. The van der Waals surface area contributed by atoms with Crippen LogP contribution in [-0.4, -0.2) is 47.5 Å². The van der Waals surface area contributed by atoms with E-state index < -0.39 is 26.6 Å². The molecule has 0 bridgehead atoms. The second kappa shape index (κ2) is 8.78. The molecule has 0 saturated carbocycles. The Bertz CT molecular complexity index is 1110. The number of sulfone groups is 1. The molecule has 0 unspecified atom stereocenters. The summed E-state index contributed by atoms with van der Waals surface area (Å²) in [5.41, 5.74) is 6.93. The maximum absolute atomic E-state index is 12.2. The Hall–Kier alpha value is -2.75. The molecule has 2 atom stereocenters. The van der Waals surface area contributed by atoms with Gasteiger partial charge in [-0.3, -0.25) is 10.0 Å². The quantitative estimate of drug-likeness (QED) is 0.443. The van der Waals surface area contributed by atoms with E-state index in [0.29, 0.717) is 12.1 Å². The van der Waals surface area contributed by atoms with Gasteiger partial charge in [0.2, 0.25) is 0 Å². The Morgan fingerprint density at radius 1 is 1.23 bits per heavy atom. The van der Waals surface area contributed by atoms with Crippen LogP contribution in [0.3, 0.4) is 0 Å². The van der Waals surface area contributed by atoms with Crippen LogP contribution in [0.4, 0.5) is 0 Å². The fourth-order valence-electron chi connectivity index (χ4n) is 3.66. The number of aliphatic hydroxyl groups is 1. The summed E-state index contributed by atoms with van der Waals surface area (Å²) in [6, 6.07) is 13.6. The number of benzene rings is 2. The van der Waals surface area contributed by atoms with E-state index in [9.17, 15) is 18.3 Å². The van der Waals surface area contributed by atoms with Gasteiger partial charge in [-0.1, -0.05) is 47.6 Å². The number of aliphatic hydroxyl groups excluding tert-OH is 1. The van der Waals surface area contributed by atoms with Crippen molar-refractivity contribution in [2.24, 2.45) is 5.16 Å². The van der Waals surface area contributed by atoms with Gasteiger partial charge in [-0.05, 0) is 41.7 Å². The van der Waals surface area contributed by atoms with Gasteiger partial charge in [-0.2, -0.15) is 0 Å². The van der Waals surface area contributed by atoms with Crippen LogP contribution in [0.5, 0.6) is 0 Å². The number of aryl methyl sites for hydroxylation is 1. The van der Waals surface area contributed by atoms with E-state index in [-0.39, 0.29) is 13.0 Å². The minimum absolute atomic E-state index is 0.000605. The number of nitrogens with one attached hydrogen (secondary N) is 1. The third-order valence-electron chi connectivity index (χ3n) is 5.75. The van der Waals surface area contributed by atoms with Crippen LogP contribution in [0.15, 0.2) is 47.6 Å². The van der Waals surface area contributed by atoms with Crippen LogP contribution in [-0.2, 0) is 26.1 Å². The van der Waals surface area contributed by atoms with Crippen LogP contribution in [0.25, 0.3) is 11.1 Å². The van der Waals surface area contributed by atoms with E-state index in [1.54, 1.807) is 0 Å². The first-order valence-electron chi connectivity index (χ1n) is 9.77. The van der Waals surface area contributed by atoms with Gasteiger partial charge in [0, 0.05) is 19.1 Å². The average Bonchev–Trinajstić information content (AvgIpc) is 3.20. The van der Waals surface area contributed by atoms with E-state index in [1.165, 1.54) is 12.4 Å². The van der Waals surface area contributed by atoms with Gasteiger partial charge >= 0.3 is 0 Å². The Labute approximate surface area is 181 Å². The van der Waals surface area contributed by atoms with Crippen molar-refractivity contribution in [3.63, 3.8) is 0 Å². The summed E-state index contributed by atoms with van der Waals surface area (Å²) in [6.45, 7) is 3.25. The van der Waals surface area contributed by atoms with Crippen LogP contribution in [0.2, 0.25) is 0 Å². The molecule has 9 heteroatoms. The predicted octanol–water partition coefficient (Wildman–Crippen LogP) is 2.35. The lowest BCUT2D eigenvalue weighted by molar-refractivity contribution is -0.132. The summed E-state index contributed by atoms with van der Waals surface area (Å²) < 4.78 is 22.5. The van der Waals surface area contributed by atoms with Gasteiger partial charge in [0.05, 0.1) is 12.3 Å². The number of amides is 1. The van der Waals surface area contributed by atoms with Gasteiger partial charge in [0.15, 0.2) is 14.6 Å². The molecule has 1 aliphatic rings.